The van der Waals surface area contributed by atoms with Crippen molar-refractivity contribution in [2.75, 3.05) is 13.1 Å². The summed E-state index contributed by atoms with van der Waals surface area (Å²) >= 11 is 0. The van der Waals surface area contributed by atoms with Gasteiger partial charge >= 0.3 is 0 Å². The third-order valence-corrected chi connectivity index (χ3v) is 5.18. The Balaban J connectivity index is 1.32. The number of hydrogen-bond donors (Lipinski definition) is 3. The lowest BCUT2D eigenvalue weighted by Gasteiger charge is -2.18. The third kappa shape index (κ3) is 3.72. The van der Waals surface area contributed by atoms with E-state index in [9.17, 15) is 4.79 Å². The SMILES string of the molecule is Cc1nc2ccccc2n1CCCNC(=O)C1CNNC1c1ccccc1. The fraction of sp³-hybridized carbons (Fsp3) is 0.333. The van der Waals surface area contributed by atoms with Gasteiger partial charge in [-0.05, 0) is 31.0 Å². The third-order valence-electron chi connectivity index (χ3n) is 5.18. The number of carbonyl (C=O) groups is 1. The normalized spacial score (nSPS) is 19.4. The largest absolute Gasteiger partial charge is 0.356 e. The summed E-state index contributed by atoms with van der Waals surface area (Å²) < 4.78 is 2.22. The number of hydrazine groups is 1. The standard InChI is InChI=1S/C21H25N5O/c1-15-24-18-10-5-6-11-19(18)26(15)13-7-12-22-21(27)17-14-23-25-20(17)16-8-3-2-4-9-16/h2-6,8-11,17,20,23,25H,7,12-14H2,1H3,(H,22,27). The Hall–Kier alpha value is -2.70. The van der Waals surface area contributed by atoms with Crippen LogP contribution in [0.3, 0.4) is 0 Å². The highest BCUT2D eigenvalue weighted by Crippen LogP contribution is 2.24. The van der Waals surface area contributed by atoms with Gasteiger partial charge in [0.1, 0.15) is 5.82 Å². The van der Waals surface area contributed by atoms with Gasteiger partial charge in [0.05, 0.1) is 23.0 Å². The number of imidazole rings is 1. The van der Waals surface area contributed by atoms with Gasteiger partial charge in [-0.2, -0.15) is 0 Å². The molecular formula is C21H25N5O. The molecule has 6 nitrogen and oxygen atoms in total. The second kappa shape index (κ2) is 7.90. The van der Waals surface area contributed by atoms with Crippen LogP contribution in [0.25, 0.3) is 11.0 Å². The number of aryl methyl sites for hydroxylation is 2. The molecule has 1 aromatic heterocycles. The predicted molar refractivity (Wildman–Crippen MR) is 106 cm³/mol. The highest BCUT2D eigenvalue weighted by atomic mass is 16.2. The van der Waals surface area contributed by atoms with Crippen molar-refractivity contribution in [2.45, 2.75) is 25.9 Å². The lowest BCUT2D eigenvalue weighted by molar-refractivity contribution is -0.124. The first-order valence-electron chi connectivity index (χ1n) is 9.47. The minimum atomic E-state index is -0.108. The maximum absolute atomic E-state index is 12.7. The monoisotopic (exact) mass is 363 g/mol. The number of para-hydroxylation sites is 2. The molecule has 0 aliphatic carbocycles. The summed E-state index contributed by atoms with van der Waals surface area (Å²) in [7, 11) is 0. The van der Waals surface area contributed by atoms with Gasteiger partial charge in [-0.15, -0.1) is 0 Å². The smallest absolute Gasteiger partial charge is 0.226 e. The van der Waals surface area contributed by atoms with E-state index in [1.807, 2.05) is 43.3 Å². The van der Waals surface area contributed by atoms with Crippen molar-refractivity contribution in [3.8, 4) is 0 Å². The Morgan fingerprint density at radius 2 is 1.96 bits per heavy atom. The number of rotatable bonds is 6. The van der Waals surface area contributed by atoms with E-state index in [2.05, 4.69) is 43.9 Å². The van der Waals surface area contributed by atoms with Crippen LogP contribution in [0.2, 0.25) is 0 Å². The van der Waals surface area contributed by atoms with E-state index >= 15 is 0 Å². The van der Waals surface area contributed by atoms with E-state index < -0.39 is 0 Å². The fourth-order valence-electron chi connectivity index (χ4n) is 3.78. The van der Waals surface area contributed by atoms with Crippen molar-refractivity contribution in [1.82, 2.24) is 25.7 Å². The zero-order valence-corrected chi connectivity index (χ0v) is 15.5. The quantitative estimate of drug-likeness (QED) is 0.588. The highest BCUT2D eigenvalue weighted by molar-refractivity contribution is 5.80. The lowest BCUT2D eigenvalue weighted by atomic mass is 9.94. The van der Waals surface area contributed by atoms with Crippen molar-refractivity contribution in [1.29, 1.82) is 0 Å². The van der Waals surface area contributed by atoms with Gasteiger partial charge in [-0.3, -0.25) is 10.2 Å². The molecule has 1 aliphatic heterocycles. The van der Waals surface area contributed by atoms with Gasteiger partial charge in [0.2, 0.25) is 5.91 Å². The topological polar surface area (TPSA) is 71.0 Å². The number of carbonyl (C=O) groups excluding carboxylic acids is 1. The van der Waals surface area contributed by atoms with Crippen LogP contribution in [0, 0.1) is 12.8 Å². The van der Waals surface area contributed by atoms with Gasteiger partial charge in [-0.1, -0.05) is 42.5 Å². The number of nitrogens with zero attached hydrogens (tertiary/aromatic N) is 2. The molecule has 3 N–H and O–H groups in total. The van der Waals surface area contributed by atoms with Crippen LogP contribution in [-0.2, 0) is 11.3 Å². The molecule has 0 spiro atoms. The average Bonchev–Trinajstić information content (AvgIpc) is 3.30. The molecule has 1 fully saturated rings. The number of hydrogen-bond acceptors (Lipinski definition) is 4. The van der Waals surface area contributed by atoms with Crippen LogP contribution in [0.15, 0.2) is 54.6 Å². The molecule has 0 saturated carbocycles. The predicted octanol–water partition coefficient (Wildman–Crippen LogP) is 2.32. The summed E-state index contributed by atoms with van der Waals surface area (Å²) in [6.07, 6.45) is 0.872. The van der Waals surface area contributed by atoms with E-state index in [1.54, 1.807) is 0 Å². The van der Waals surface area contributed by atoms with Crippen molar-refractivity contribution in [2.24, 2.45) is 5.92 Å². The summed E-state index contributed by atoms with van der Waals surface area (Å²) in [5.74, 6) is 0.993. The van der Waals surface area contributed by atoms with Crippen LogP contribution >= 0.6 is 0 Å². The number of benzene rings is 2. The van der Waals surface area contributed by atoms with Crippen molar-refractivity contribution in [3.63, 3.8) is 0 Å². The molecule has 0 radical (unpaired) electrons. The molecular weight excluding hydrogens is 338 g/mol. The fourth-order valence-corrected chi connectivity index (χ4v) is 3.78. The Morgan fingerprint density at radius 3 is 2.81 bits per heavy atom. The van der Waals surface area contributed by atoms with Crippen LogP contribution in [-0.4, -0.2) is 28.5 Å². The van der Waals surface area contributed by atoms with Crippen molar-refractivity contribution in [3.05, 3.63) is 66.0 Å². The van der Waals surface area contributed by atoms with E-state index in [0.717, 1.165) is 35.4 Å². The molecule has 0 bridgehead atoms. The molecule has 3 aromatic rings. The first-order valence-corrected chi connectivity index (χ1v) is 9.47. The molecule has 1 saturated heterocycles. The minimum absolute atomic E-state index is 0.00559. The average molecular weight is 363 g/mol. The molecule has 6 heteroatoms. The Morgan fingerprint density at radius 1 is 1.19 bits per heavy atom. The minimum Gasteiger partial charge on any atom is -0.356 e. The lowest BCUT2D eigenvalue weighted by Crippen LogP contribution is -2.35. The molecule has 4 rings (SSSR count). The first-order chi connectivity index (χ1) is 13.2. The molecule has 2 aromatic carbocycles. The van der Waals surface area contributed by atoms with Crippen molar-refractivity contribution >= 4 is 16.9 Å². The van der Waals surface area contributed by atoms with Gasteiger partial charge in [-0.25, -0.2) is 10.4 Å². The molecule has 2 unspecified atom stereocenters. The summed E-state index contributed by atoms with van der Waals surface area (Å²) in [5.41, 5.74) is 9.64. The van der Waals surface area contributed by atoms with E-state index in [1.165, 1.54) is 0 Å². The number of fused-ring (bicyclic) bond motifs is 1. The van der Waals surface area contributed by atoms with Crippen LogP contribution in [0.5, 0.6) is 0 Å². The molecule has 2 atom stereocenters. The summed E-state index contributed by atoms with van der Waals surface area (Å²) in [5, 5.41) is 3.10. The molecule has 27 heavy (non-hydrogen) atoms. The summed E-state index contributed by atoms with van der Waals surface area (Å²) in [6, 6.07) is 18.3. The van der Waals surface area contributed by atoms with E-state index in [0.29, 0.717) is 13.1 Å². The number of amides is 1. The molecule has 140 valence electrons. The van der Waals surface area contributed by atoms with Crippen LogP contribution < -0.4 is 16.2 Å². The Kier molecular flexibility index (Phi) is 5.18. The maximum Gasteiger partial charge on any atom is 0.226 e. The number of nitrogens with one attached hydrogen (secondary N) is 3. The van der Waals surface area contributed by atoms with Crippen molar-refractivity contribution < 1.29 is 4.79 Å². The first kappa shape index (κ1) is 17.7. The Labute approximate surface area is 159 Å². The zero-order valence-electron chi connectivity index (χ0n) is 15.5. The van der Waals surface area contributed by atoms with E-state index in [4.69, 9.17) is 0 Å². The highest BCUT2D eigenvalue weighted by Gasteiger charge is 2.33. The zero-order chi connectivity index (χ0) is 18.6. The van der Waals surface area contributed by atoms with Crippen LogP contribution in [0.4, 0.5) is 0 Å². The second-order valence-electron chi connectivity index (χ2n) is 6.96. The summed E-state index contributed by atoms with van der Waals surface area (Å²) in [4.78, 5) is 17.3. The van der Waals surface area contributed by atoms with Crippen LogP contribution in [0.1, 0.15) is 23.9 Å². The molecule has 2 heterocycles. The van der Waals surface area contributed by atoms with E-state index in [-0.39, 0.29) is 17.9 Å². The maximum atomic E-state index is 12.7. The molecule has 1 aliphatic rings. The number of aromatic nitrogens is 2. The van der Waals surface area contributed by atoms with Gasteiger partial charge in [0.15, 0.2) is 0 Å². The second-order valence-corrected chi connectivity index (χ2v) is 6.96. The Bertz CT molecular complexity index is 921. The van der Waals surface area contributed by atoms with Gasteiger partial charge in [0, 0.05) is 19.6 Å². The van der Waals surface area contributed by atoms with Gasteiger partial charge in [0.25, 0.3) is 0 Å². The van der Waals surface area contributed by atoms with Gasteiger partial charge < -0.3 is 9.88 Å². The summed E-state index contributed by atoms with van der Waals surface area (Å²) in [6.45, 7) is 4.16. The molecule has 1 amide bonds.